The number of fused-ring (bicyclic) bond motifs is 1. The van der Waals surface area contributed by atoms with E-state index in [1.54, 1.807) is 0 Å². The van der Waals surface area contributed by atoms with Crippen molar-refractivity contribution in [1.82, 2.24) is 9.38 Å². The largest absolute Gasteiger partial charge is 0.290 e. The summed E-state index contributed by atoms with van der Waals surface area (Å²) in [5.74, 6) is 0. The quantitative estimate of drug-likeness (QED) is 0.641. The van der Waals surface area contributed by atoms with E-state index in [4.69, 9.17) is 23.2 Å². The second kappa shape index (κ2) is 4.63. The minimum Gasteiger partial charge on any atom is -0.290 e. The van der Waals surface area contributed by atoms with Gasteiger partial charge in [0.05, 0.1) is 5.69 Å². The first kappa shape index (κ1) is 11.6. The average molecular weight is 277 g/mol. The minimum absolute atomic E-state index is 0.664. The van der Waals surface area contributed by atoms with E-state index < -0.39 is 0 Å². The lowest BCUT2D eigenvalue weighted by atomic mass is 10.1. The summed E-state index contributed by atoms with van der Waals surface area (Å²) >= 11 is 12.1. The van der Waals surface area contributed by atoms with Crippen molar-refractivity contribution in [2.45, 2.75) is 6.42 Å². The van der Waals surface area contributed by atoms with Gasteiger partial charge in [-0.1, -0.05) is 41.4 Å². The van der Waals surface area contributed by atoms with E-state index in [0.29, 0.717) is 5.15 Å². The molecule has 0 saturated carbocycles. The van der Waals surface area contributed by atoms with Crippen molar-refractivity contribution < 1.29 is 0 Å². The van der Waals surface area contributed by atoms with Crippen molar-refractivity contribution in [3.63, 3.8) is 0 Å². The summed E-state index contributed by atoms with van der Waals surface area (Å²) in [7, 11) is 0. The molecule has 0 spiro atoms. The topological polar surface area (TPSA) is 17.3 Å². The number of hydrogen-bond donors (Lipinski definition) is 0. The molecule has 3 rings (SSSR count). The standard InChI is InChI=1S/C14H10Cl2N2/c15-11-4-1-3-10(7-11)8-12-9-18-13(16)5-2-6-14(18)17-12/h1-7,9H,8H2. The zero-order valence-electron chi connectivity index (χ0n) is 9.48. The Morgan fingerprint density at radius 3 is 2.67 bits per heavy atom. The van der Waals surface area contributed by atoms with E-state index in [2.05, 4.69) is 4.98 Å². The molecule has 18 heavy (non-hydrogen) atoms. The third-order valence-electron chi connectivity index (χ3n) is 2.77. The molecule has 90 valence electrons. The molecule has 2 nitrogen and oxygen atoms in total. The maximum Gasteiger partial charge on any atom is 0.138 e. The van der Waals surface area contributed by atoms with Gasteiger partial charge in [0.2, 0.25) is 0 Å². The molecular formula is C14H10Cl2N2. The highest BCUT2D eigenvalue weighted by atomic mass is 35.5. The van der Waals surface area contributed by atoms with Crippen molar-refractivity contribution in [1.29, 1.82) is 0 Å². The van der Waals surface area contributed by atoms with Gasteiger partial charge in [-0.2, -0.15) is 0 Å². The number of halogens is 2. The highest BCUT2D eigenvalue weighted by Crippen LogP contribution is 2.17. The van der Waals surface area contributed by atoms with Gasteiger partial charge >= 0.3 is 0 Å². The first-order valence-corrected chi connectivity index (χ1v) is 6.35. The first-order valence-electron chi connectivity index (χ1n) is 5.59. The van der Waals surface area contributed by atoms with Gasteiger partial charge in [0.15, 0.2) is 0 Å². The Morgan fingerprint density at radius 1 is 1.06 bits per heavy atom. The van der Waals surface area contributed by atoms with Crippen LogP contribution in [0.1, 0.15) is 11.3 Å². The van der Waals surface area contributed by atoms with E-state index in [9.17, 15) is 0 Å². The summed E-state index contributed by atoms with van der Waals surface area (Å²) in [6.07, 6.45) is 2.71. The van der Waals surface area contributed by atoms with Crippen LogP contribution in [0, 0.1) is 0 Å². The van der Waals surface area contributed by atoms with Gasteiger partial charge in [-0.3, -0.25) is 4.40 Å². The van der Waals surface area contributed by atoms with Crippen LogP contribution in [-0.4, -0.2) is 9.38 Å². The zero-order valence-corrected chi connectivity index (χ0v) is 11.0. The van der Waals surface area contributed by atoms with Crippen LogP contribution in [0.15, 0.2) is 48.7 Å². The molecule has 3 aromatic rings. The lowest BCUT2D eigenvalue weighted by molar-refractivity contribution is 1.11. The molecule has 0 aliphatic rings. The third-order valence-corrected chi connectivity index (χ3v) is 3.31. The van der Waals surface area contributed by atoms with Crippen LogP contribution in [0.4, 0.5) is 0 Å². The number of imidazole rings is 1. The SMILES string of the molecule is Clc1cccc(Cc2cn3c(Cl)cccc3n2)c1. The van der Waals surface area contributed by atoms with Crippen molar-refractivity contribution >= 4 is 28.8 Å². The number of nitrogens with zero attached hydrogens (tertiary/aromatic N) is 2. The van der Waals surface area contributed by atoms with E-state index in [1.807, 2.05) is 53.1 Å². The summed E-state index contributed by atoms with van der Waals surface area (Å²) in [6, 6.07) is 13.5. The molecule has 0 fully saturated rings. The van der Waals surface area contributed by atoms with E-state index in [-0.39, 0.29) is 0 Å². The van der Waals surface area contributed by atoms with E-state index in [0.717, 1.165) is 28.3 Å². The number of pyridine rings is 1. The molecule has 4 heteroatoms. The Hall–Kier alpha value is -1.51. The Bertz CT molecular complexity index is 704. The predicted octanol–water partition coefficient (Wildman–Crippen LogP) is 4.23. The summed E-state index contributed by atoms with van der Waals surface area (Å²) in [6.45, 7) is 0. The number of benzene rings is 1. The van der Waals surface area contributed by atoms with Crippen LogP contribution in [0.5, 0.6) is 0 Å². The Kier molecular flexibility index (Phi) is 2.98. The molecule has 0 atom stereocenters. The first-order chi connectivity index (χ1) is 8.72. The van der Waals surface area contributed by atoms with E-state index in [1.165, 1.54) is 0 Å². The monoisotopic (exact) mass is 276 g/mol. The van der Waals surface area contributed by atoms with Gasteiger partial charge in [0.1, 0.15) is 10.8 Å². The molecule has 0 radical (unpaired) electrons. The van der Waals surface area contributed by atoms with Crippen LogP contribution >= 0.6 is 23.2 Å². The molecule has 0 amide bonds. The molecule has 0 saturated heterocycles. The summed E-state index contributed by atoms with van der Waals surface area (Å²) < 4.78 is 1.88. The minimum atomic E-state index is 0.664. The van der Waals surface area contributed by atoms with Crippen LogP contribution in [-0.2, 0) is 6.42 Å². The predicted molar refractivity (Wildman–Crippen MR) is 74.5 cm³/mol. The Morgan fingerprint density at radius 2 is 1.89 bits per heavy atom. The van der Waals surface area contributed by atoms with E-state index >= 15 is 0 Å². The molecule has 0 aliphatic carbocycles. The lowest BCUT2D eigenvalue weighted by Gasteiger charge is -1.98. The van der Waals surface area contributed by atoms with Gasteiger partial charge in [-0.15, -0.1) is 0 Å². The fourth-order valence-electron chi connectivity index (χ4n) is 1.97. The van der Waals surface area contributed by atoms with Gasteiger partial charge < -0.3 is 0 Å². The molecule has 0 aliphatic heterocycles. The van der Waals surface area contributed by atoms with Crippen molar-refractivity contribution in [2.75, 3.05) is 0 Å². The van der Waals surface area contributed by atoms with Gasteiger partial charge in [-0.05, 0) is 29.8 Å². The fourth-order valence-corrected chi connectivity index (χ4v) is 2.39. The van der Waals surface area contributed by atoms with Crippen molar-refractivity contribution in [3.05, 3.63) is 70.1 Å². The number of hydrogen-bond acceptors (Lipinski definition) is 1. The van der Waals surface area contributed by atoms with Crippen LogP contribution in [0.3, 0.4) is 0 Å². The van der Waals surface area contributed by atoms with Gasteiger partial charge in [0.25, 0.3) is 0 Å². The lowest BCUT2D eigenvalue weighted by Crippen LogP contribution is -1.87. The van der Waals surface area contributed by atoms with Crippen molar-refractivity contribution in [2.24, 2.45) is 0 Å². The average Bonchev–Trinajstić information content (AvgIpc) is 2.73. The summed E-state index contributed by atoms with van der Waals surface area (Å²) in [4.78, 5) is 4.53. The Balaban J connectivity index is 1.98. The number of aromatic nitrogens is 2. The molecule has 0 bridgehead atoms. The van der Waals surface area contributed by atoms with Crippen LogP contribution in [0.2, 0.25) is 10.2 Å². The van der Waals surface area contributed by atoms with Crippen LogP contribution in [0.25, 0.3) is 5.65 Å². The third kappa shape index (κ3) is 2.22. The second-order valence-electron chi connectivity index (χ2n) is 4.12. The summed E-state index contributed by atoms with van der Waals surface area (Å²) in [5.41, 5.74) is 2.98. The van der Waals surface area contributed by atoms with Gasteiger partial charge in [0, 0.05) is 17.6 Å². The smallest absolute Gasteiger partial charge is 0.138 e. The normalized spacial score (nSPS) is 11.0. The highest BCUT2D eigenvalue weighted by molar-refractivity contribution is 6.30. The maximum atomic E-state index is 6.10. The number of rotatable bonds is 2. The maximum absolute atomic E-state index is 6.10. The van der Waals surface area contributed by atoms with Gasteiger partial charge in [-0.25, -0.2) is 4.98 Å². The molecule has 0 unspecified atom stereocenters. The molecule has 0 N–H and O–H groups in total. The van der Waals surface area contributed by atoms with Crippen LogP contribution < -0.4 is 0 Å². The zero-order chi connectivity index (χ0) is 12.5. The Labute approximate surface area is 115 Å². The highest BCUT2D eigenvalue weighted by Gasteiger charge is 2.05. The molecular weight excluding hydrogens is 267 g/mol. The molecule has 2 heterocycles. The van der Waals surface area contributed by atoms with Crippen molar-refractivity contribution in [3.8, 4) is 0 Å². The summed E-state index contributed by atoms with van der Waals surface area (Å²) in [5, 5.41) is 1.41. The molecule has 2 aromatic heterocycles. The second-order valence-corrected chi connectivity index (χ2v) is 4.94. The fraction of sp³-hybridized carbons (Fsp3) is 0.0714. The molecule has 1 aromatic carbocycles.